The number of rotatable bonds is 3. The van der Waals surface area contributed by atoms with Gasteiger partial charge in [0.1, 0.15) is 5.84 Å². The lowest BCUT2D eigenvalue weighted by molar-refractivity contribution is 0.324. The Morgan fingerprint density at radius 1 is 1.54 bits per heavy atom. The van der Waals surface area contributed by atoms with Gasteiger partial charge in [0, 0.05) is 6.42 Å². The van der Waals surface area contributed by atoms with Gasteiger partial charge >= 0.3 is 0 Å². The summed E-state index contributed by atoms with van der Waals surface area (Å²) in [5, 5.41) is 1.35. The molecule has 1 rings (SSSR count). The minimum absolute atomic E-state index is 0.209. The molecule has 0 saturated carbocycles. The average molecular weight is 184 g/mol. The average Bonchev–Trinajstić information content (AvgIpc) is 2.09. The summed E-state index contributed by atoms with van der Waals surface area (Å²) in [6.45, 7) is 2.10. The molecule has 74 valence electrons. The lowest BCUT2D eigenvalue weighted by Crippen LogP contribution is -2.52. The maximum atomic E-state index is 5.64. The fourth-order valence-corrected chi connectivity index (χ4v) is 1.09. The second kappa shape index (κ2) is 4.20. The van der Waals surface area contributed by atoms with Gasteiger partial charge in [-0.2, -0.15) is 4.99 Å². The van der Waals surface area contributed by atoms with Gasteiger partial charge in [0.2, 0.25) is 5.96 Å². The first-order chi connectivity index (χ1) is 6.15. The van der Waals surface area contributed by atoms with Gasteiger partial charge < -0.3 is 5.73 Å². The van der Waals surface area contributed by atoms with Gasteiger partial charge in [0.15, 0.2) is 6.29 Å². The van der Waals surface area contributed by atoms with E-state index < -0.39 is 6.29 Å². The van der Waals surface area contributed by atoms with E-state index in [4.69, 9.17) is 17.3 Å². The zero-order chi connectivity index (χ0) is 9.84. The van der Waals surface area contributed by atoms with Crippen molar-refractivity contribution in [2.75, 3.05) is 0 Å². The smallest absolute Gasteiger partial charge is 0.220 e. The number of hydrazine groups is 1. The van der Waals surface area contributed by atoms with Crippen LogP contribution in [-0.4, -0.2) is 23.1 Å². The summed E-state index contributed by atoms with van der Waals surface area (Å²) in [6.07, 6.45) is 2.30. The van der Waals surface area contributed by atoms with Crippen LogP contribution >= 0.6 is 0 Å². The molecule has 0 spiro atoms. The van der Waals surface area contributed by atoms with Crippen LogP contribution < -0.4 is 17.3 Å². The van der Waals surface area contributed by atoms with E-state index in [1.807, 2.05) is 0 Å². The molecule has 1 atom stereocenters. The molecule has 6 nitrogen and oxygen atoms in total. The van der Waals surface area contributed by atoms with Crippen LogP contribution in [0.1, 0.15) is 26.2 Å². The number of nitrogens with two attached hydrogens (primary N) is 3. The van der Waals surface area contributed by atoms with E-state index in [2.05, 4.69) is 16.9 Å². The van der Waals surface area contributed by atoms with Crippen LogP contribution in [0.4, 0.5) is 0 Å². The van der Waals surface area contributed by atoms with Crippen molar-refractivity contribution >= 4 is 11.8 Å². The maximum absolute atomic E-state index is 5.64. The molecule has 6 N–H and O–H groups in total. The minimum atomic E-state index is -0.593. The first-order valence-corrected chi connectivity index (χ1v) is 4.35. The quantitative estimate of drug-likeness (QED) is 0.505. The van der Waals surface area contributed by atoms with E-state index in [0.717, 1.165) is 19.3 Å². The van der Waals surface area contributed by atoms with Crippen molar-refractivity contribution < 1.29 is 0 Å². The third kappa shape index (κ3) is 2.40. The fraction of sp³-hybridized carbons (Fsp3) is 0.714. The SMILES string of the molecule is CCCCC1=NC(N)=NC(N)N1N. The Kier molecular flexibility index (Phi) is 3.21. The highest BCUT2D eigenvalue weighted by Gasteiger charge is 2.18. The number of guanidine groups is 1. The molecule has 1 heterocycles. The lowest BCUT2D eigenvalue weighted by Gasteiger charge is -2.27. The summed E-state index contributed by atoms with van der Waals surface area (Å²) in [7, 11) is 0. The van der Waals surface area contributed by atoms with Crippen molar-refractivity contribution in [3.05, 3.63) is 0 Å². The number of hydrogen-bond acceptors (Lipinski definition) is 6. The Balaban J connectivity index is 2.65. The van der Waals surface area contributed by atoms with Crippen molar-refractivity contribution in [3.8, 4) is 0 Å². The fourth-order valence-electron chi connectivity index (χ4n) is 1.09. The van der Waals surface area contributed by atoms with Gasteiger partial charge in [-0.25, -0.2) is 10.8 Å². The van der Waals surface area contributed by atoms with Crippen molar-refractivity contribution in [2.45, 2.75) is 32.5 Å². The Hall–Kier alpha value is -1.14. The molecule has 0 radical (unpaired) electrons. The zero-order valence-corrected chi connectivity index (χ0v) is 7.77. The zero-order valence-electron chi connectivity index (χ0n) is 7.77. The topological polar surface area (TPSA) is 106 Å². The Morgan fingerprint density at radius 3 is 2.85 bits per heavy atom. The molecule has 13 heavy (non-hydrogen) atoms. The van der Waals surface area contributed by atoms with Crippen molar-refractivity contribution in [1.29, 1.82) is 0 Å². The molecule has 1 aliphatic rings. The highest BCUT2D eigenvalue weighted by molar-refractivity contribution is 5.96. The van der Waals surface area contributed by atoms with Gasteiger partial charge in [-0.15, -0.1) is 0 Å². The van der Waals surface area contributed by atoms with Crippen LogP contribution in [0.5, 0.6) is 0 Å². The van der Waals surface area contributed by atoms with E-state index >= 15 is 0 Å². The van der Waals surface area contributed by atoms with Crippen LogP contribution in [-0.2, 0) is 0 Å². The number of hydrogen-bond donors (Lipinski definition) is 3. The molecular formula is C7H16N6. The maximum Gasteiger partial charge on any atom is 0.220 e. The number of aliphatic imine (C=N–C) groups is 2. The molecule has 0 bridgehead atoms. The standard InChI is InChI=1S/C7H16N6/c1-2-3-4-5-11-6(8)12-7(9)13(5)10/h7H,2-4,9-10H2,1H3,(H2,8,12). The highest BCUT2D eigenvalue weighted by atomic mass is 15.5. The summed E-state index contributed by atoms with van der Waals surface area (Å²) in [5.41, 5.74) is 11.0. The Bertz CT molecular complexity index is 233. The lowest BCUT2D eigenvalue weighted by atomic mass is 10.2. The summed E-state index contributed by atoms with van der Waals surface area (Å²) in [5.74, 6) is 6.56. The van der Waals surface area contributed by atoms with Crippen LogP contribution in [0.3, 0.4) is 0 Å². The number of amidine groups is 1. The molecule has 0 saturated heterocycles. The van der Waals surface area contributed by atoms with Crippen LogP contribution in [0.15, 0.2) is 9.98 Å². The van der Waals surface area contributed by atoms with Gasteiger partial charge in [0.05, 0.1) is 0 Å². The number of nitrogens with zero attached hydrogens (tertiary/aromatic N) is 3. The van der Waals surface area contributed by atoms with Crippen LogP contribution in [0.2, 0.25) is 0 Å². The van der Waals surface area contributed by atoms with Crippen molar-refractivity contribution in [2.24, 2.45) is 27.3 Å². The predicted octanol–water partition coefficient (Wildman–Crippen LogP) is -0.679. The van der Waals surface area contributed by atoms with E-state index in [0.29, 0.717) is 5.84 Å². The first-order valence-electron chi connectivity index (χ1n) is 4.35. The third-order valence-electron chi connectivity index (χ3n) is 1.85. The molecule has 1 aliphatic heterocycles. The number of unbranched alkanes of at least 4 members (excludes halogenated alkanes) is 1. The first kappa shape index (κ1) is 9.94. The summed E-state index contributed by atoms with van der Waals surface area (Å²) in [4.78, 5) is 7.82. The molecule has 0 amide bonds. The molecule has 6 heteroatoms. The minimum Gasteiger partial charge on any atom is -0.368 e. The summed E-state index contributed by atoms with van der Waals surface area (Å²) in [6, 6.07) is 0. The molecule has 0 fully saturated rings. The van der Waals surface area contributed by atoms with Gasteiger partial charge in [-0.05, 0) is 6.42 Å². The van der Waals surface area contributed by atoms with Crippen LogP contribution in [0.25, 0.3) is 0 Å². The van der Waals surface area contributed by atoms with Crippen LogP contribution in [0, 0.1) is 0 Å². The second-order valence-corrected chi connectivity index (χ2v) is 2.94. The largest absolute Gasteiger partial charge is 0.368 e. The molecule has 0 aromatic rings. The Labute approximate surface area is 77.5 Å². The van der Waals surface area contributed by atoms with E-state index in [1.165, 1.54) is 5.01 Å². The second-order valence-electron chi connectivity index (χ2n) is 2.94. The summed E-state index contributed by atoms with van der Waals surface area (Å²) >= 11 is 0. The Morgan fingerprint density at radius 2 is 2.23 bits per heavy atom. The predicted molar refractivity (Wildman–Crippen MR) is 52.6 cm³/mol. The molecule has 0 aliphatic carbocycles. The summed E-state index contributed by atoms with van der Waals surface area (Å²) < 4.78 is 0. The van der Waals surface area contributed by atoms with Crippen molar-refractivity contribution in [3.63, 3.8) is 0 Å². The van der Waals surface area contributed by atoms with Gasteiger partial charge in [0.25, 0.3) is 0 Å². The molecule has 0 aromatic carbocycles. The monoisotopic (exact) mass is 184 g/mol. The molecular weight excluding hydrogens is 168 g/mol. The third-order valence-corrected chi connectivity index (χ3v) is 1.85. The molecule has 1 unspecified atom stereocenters. The highest BCUT2D eigenvalue weighted by Crippen LogP contribution is 2.05. The van der Waals surface area contributed by atoms with Gasteiger partial charge in [-0.1, -0.05) is 13.3 Å². The van der Waals surface area contributed by atoms with Gasteiger partial charge in [-0.3, -0.25) is 10.7 Å². The van der Waals surface area contributed by atoms with E-state index in [-0.39, 0.29) is 5.96 Å². The molecule has 0 aromatic heterocycles. The van der Waals surface area contributed by atoms with E-state index in [1.54, 1.807) is 0 Å². The van der Waals surface area contributed by atoms with Crippen molar-refractivity contribution in [1.82, 2.24) is 5.01 Å². The normalized spacial score (nSPS) is 22.7. The van der Waals surface area contributed by atoms with E-state index in [9.17, 15) is 0 Å².